The van der Waals surface area contributed by atoms with Gasteiger partial charge in [0, 0.05) is 26.2 Å². The minimum Gasteiger partial charge on any atom is -0.353 e. The van der Waals surface area contributed by atoms with E-state index < -0.39 is 11.9 Å². The normalized spacial score (nSPS) is 15.6. The molecule has 0 atom stereocenters. The lowest BCUT2D eigenvalue weighted by Gasteiger charge is -2.27. The SMILES string of the molecule is Cl.Cl.FC(F)(F)c1ccc(N2CCNCC2)nn1. The van der Waals surface area contributed by atoms with Gasteiger partial charge in [-0.3, -0.25) is 0 Å². The highest BCUT2D eigenvalue weighted by Gasteiger charge is 2.33. The van der Waals surface area contributed by atoms with E-state index in [-0.39, 0.29) is 24.8 Å². The Morgan fingerprint density at radius 2 is 1.67 bits per heavy atom. The standard InChI is InChI=1S/C9H11F3N4.2ClH/c10-9(11,12)7-1-2-8(15-14-7)16-5-3-13-4-6-16;;/h1-2,13H,3-6H2;2*1H. The fraction of sp³-hybridized carbons (Fsp3) is 0.556. The van der Waals surface area contributed by atoms with Crippen molar-refractivity contribution in [2.24, 2.45) is 0 Å². The summed E-state index contributed by atoms with van der Waals surface area (Å²) in [6.07, 6.45) is -4.42. The zero-order chi connectivity index (χ0) is 11.6. The first-order chi connectivity index (χ1) is 7.57. The lowest BCUT2D eigenvalue weighted by molar-refractivity contribution is -0.141. The molecular formula is C9H13Cl2F3N4. The number of anilines is 1. The highest BCUT2D eigenvalue weighted by molar-refractivity contribution is 5.85. The largest absolute Gasteiger partial charge is 0.435 e. The summed E-state index contributed by atoms with van der Waals surface area (Å²) in [5, 5.41) is 9.94. The summed E-state index contributed by atoms with van der Waals surface area (Å²) in [7, 11) is 0. The zero-order valence-electron chi connectivity index (χ0n) is 9.28. The van der Waals surface area contributed by atoms with Gasteiger partial charge in [-0.25, -0.2) is 0 Å². The summed E-state index contributed by atoms with van der Waals surface area (Å²) in [6.45, 7) is 3.09. The van der Waals surface area contributed by atoms with E-state index in [0.717, 1.165) is 32.2 Å². The van der Waals surface area contributed by atoms with Crippen LogP contribution in [0.5, 0.6) is 0 Å². The molecule has 104 valence electrons. The van der Waals surface area contributed by atoms with Gasteiger partial charge in [-0.1, -0.05) is 0 Å². The van der Waals surface area contributed by atoms with Gasteiger partial charge < -0.3 is 10.2 Å². The topological polar surface area (TPSA) is 41.0 Å². The maximum absolute atomic E-state index is 12.2. The van der Waals surface area contributed by atoms with Gasteiger partial charge in [0.1, 0.15) is 0 Å². The molecular weight excluding hydrogens is 292 g/mol. The third-order valence-electron chi connectivity index (χ3n) is 2.38. The van der Waals surface area contributed by atoms with Crippen molar-refractivity contribution in [2.45, 2.75) is 6.18 Å². The van der Waals surface area contributed by atoms with Gasteiger partial charge in [-0.15, -0.1) is 35.0 Å². The number of piperazine rings is 1. The average Bonchev–Trinajstić information content (AvgIpc) is 2.29. The molecule has 4 nitrogen and oxygen atoms in total. The van der Waals surface area contributed by atoms with Crippen LogP contribution in [0.2, 0.25) is 0 Å². The van der Waals surface area contributed by atoms with Crippen molar-refractivity contribution in [3.63, 3.8) is 0 Å². The molecule has 0 amide bonds. The van der Waals surface area contributed by atoms with E-state index in [4.69, 9.17) is 0 Å². The molecule has 2 rings (SSSR count). The molecule has 1 fully saturated rings. The number of hydrogen-bond acceptors (Lipinski definition) is 4. The van der Waals surface area contributed by atoms with E-state index in [1.165, 1.54) is 6.07 Å². The summed E-state index contributed by atoms with van der Waals surface area (Å²) in [4.78, 5) is 1.91. The Labute approximate surface area is 115 Å². The van der Waals surface area contributed by atoms with Crippen molar-refractivity contribution >= 4 is 30.6 Å². The maximum Gasteiger partial charge on any atom is 0.435 e. The number of hydrogen-bond donors (Lipinski definition) is 1. The van der Waals surface area contributed by atoms with Crippen LogP contribution in [0.25, 0.3) is 0 Å². The van der Waals surface area contributed by atoms with Crippen LogP contribution < -0.4 is 10.2 Å². The summed E-state index contributed by atoms with van der Waals surface area (Å²) >= 11 is 0. The minimum atomic E-state index is -4.42. The van der Waals surface area contributed by atoms with Crippen molar-refractivity contribution in [1.29, 1.82) is 0 Å². The summed E-state index contributed by atoms with van der Waals surface area (Å²) in [6, 6.07) is 2.32. The first kappa shape index (κ1) is 17.2. The highest BCUT2D eigenvalue weighted by Crippen LogP contribution is 2.27. The van der Waals surface area contributed by atoms with Crippen LogP contribution in [-0.4, -0.2) is 36.4 Å². The molecule has 1 N–H and O–H groups in total. The smallest absolute Gasteiger partial charge is 0.353 e. The van der Waals surface area contributed by atoms with Crippen molar-refractivity contribution in [3.05, 3.63) is 17.8 Å². The van der Waals surface area contributed by atoms with E-state index in [1.807, 2.05) is 4.90 Å². The number of halogens is 5. The van der Waals surface area contributed by atoms with Crippen LogP contribution in [-0.2, 0) is 6.18 Å². The Morgan fingerprint density at radius 3 is 2.11 bits per heavy atom. The molecule has 1 aromatic rings. The van der Waals surface area contributed by atoms with E-state index in [0.29, 0.717) is 5.82 Å². The van der Waals surface area contributed by atoms with Gasteiger partial charge in [0.15, 0.2) is 11.5 Å². The second-order valence-electron chi connectivity index (χ2n) is 3.51. The van der Waals surface area contributed by atoms with Crippen LogP contribution in [0, 0.1) is 0 Å². The molecule has 1 saturated heterocycles. The molecule has 0 spiro atoms. The van der Waals surface area contributed by atoms with Crippen molar-refractivity contribution < 1.29 is 13.2 Å². The second-order valence-corrected chi connectivity index (χ2v) is 3.51. The van der Waals surface area contributed by atoms with Crippen molar-refractivity contribution in [2.75, 3.05) is 31.1 Å². The molecule has 18 heavy (non-hydrogen) atoms. The van der Waals surface area contributed by atoms with Crippen LogP contribution in [0.3, 0.4) is 0 Å². The molecule has 9 heteroatoms. The quantitative estimate of drug-likeness (QED) is 0.858. The van der Waals surface area contributed by atoms with Crippen molar-refractivity contribution in [3.8, 4) is 0 Å². The monoisotopic (exact) mass is 304 g/mol. The Morgan fingerprint density at radius 1 is 1.06 bits per heavy atom. The Bertz CT molecular complexity index is 352. The van der Waals surface area contributed by atoms with Crippen LogP contribution >= 0.6 is 24.8 Å². The number of rotatable bonds is 1. The van der Waals surface area contributed by atoms with E-state index in [2.05, 4.69) is 15.5 Å². The molecule has 0 bridgehead atoms. The second kappa shape index (κ2) is 6.96. The number of alkyl halides is 3. The Hall–Kier alpha value is -0.790. The maximum atomic E-state index is 12.2. The predicted molar refractivity (Wildman–Crippen MR) is 66.6 cm³/mol. The molecule has 1 aliphatic rings. The fourth-order valence-corrected chi connectivity index (χ4v) is 1.54. The van der Waals surface area contributed by atoms with Crippen LogP contribution in [0.1, 0.15) is 5.69 Å². The van der Waals surface area contributed by atoms with Gasteiger partial charge in [-0.05, 0) is 12.1 Å². The third kappa shape index (κ3) is 4.15. The van der Waals surface area contributed by atoms with Gasteiger partial charge >= 0.3 is 6.18 Å². The lowest BCUT2D eigenvalue weighted by atomic mass is 10.3. The lowest BCUT2D eigenvalue weighted by Crippen LogP contribution is -2.44. The fourth-order valence-electron chi connectivity index (χ4n) is 1.54. The third-order valence-corrected chi connectivity index (χ3v) is 2.38. The zero-order valence-corrected chi connectivity index (χ0v) is 10.9. The Balaban J connectivity index is 0.00000144. The average molecular weight is 305 g/mol. The van der Waals surface area contributed by atoms with Gasteiger partial charge in [0.2, 0.25) is 0 Å². The summed E-state index contributed by atoms with van der Waals surface area (Å²) in [5.41, 5.74) is -0.952. The molecule has 0 aliphatic carbocycles. The molecule has 0 saturated carbocycles. The molecule has 0 aromatic carbocycles. The van der Waals surface area contributed by atoms with E-state index in [1.54, 1.807) is 0 Å². The number of aromatic nitrogens is 2. The Kier molecular flexibility index (Phi) is 6.66. The van der Waals surface area contributed by atoms with Gasteiger partial charge in [0.05, 0.1) is 0 Å². The van der Waals surface area contributed by atoms with E-state index in [9.17, 15) is 13.2 Å². The molecule has 1 aliphatic heterocycles. The number of nitrogens with zero attached hydrogens (tertiary/aromatic N) is 3. The number of nitrogens with one attached hydrogen (secondary N) is 1. The first-order valence-corrected chi connectivity index (χ1v) is 4.94. The molecule has 0 unspecified atom stereocenters. The van der Waals surface area contributed by atoms with E-state index >= 15 is 0 Å². The minimum absolute atomic E-state index is 0. The molecule has 1 aromatic heterocycles. The molecule has 2 heterocycles. The summed E-state index contributed by atoms with van der Waals surface area (Å²) < 4.78 is 36.7. The van der Waals surface area contributed by atoms with Crippen LogP contribution in [0.15, 0.2) is 12.1 Å². The summed E-state index contributed by atoms with van der Waals surface area (Å²) in [5.74, 6) is 0.495. The highest BCUT2D eigenvalue weighted by atomic mass is 35.5. The first-order valence-electron chi connectivity index (χ1n) is 4.94. The van der Waals surface area contributed by atoms with Gasteiger partial charge in [0.25, 0.3) is 0 Å². The predicted octanol–water partition coefficient (Wildman–Crippen LogP) is 1.75. The van der Waals surface area contributed by atoms with Gasteiger partial charge in [-0.2, -0.15) is 13.2 Å². The molecule has 0 radical (unpaired) electrons. The van der Waals surface area contributed by atoms with Crippen LogP contribution in [0.4, 0.5) is 19.0 Å². The van der Waals surface area contributed by atoms with Crippen molar-refractivity contribution in [1.82, 2.24) is 15.5 Å².